The Hall–Kier alpha value is -1.29. The van der Waals surface area contributed by atoms with Crippen LogP contribution in [0.5, 0.6) is 0 Å². The standard InChI is InChI=1S/C13H8Cl2N2S/c14-9-2-1-3-10(15)12(9)11-6-16-13(17-11)8-4-5-18-7-8/h1-7H,(H,16,17). The molecule has 0 fully saturated rings. The van der Waals surface area contributed by atoms with Crippen LogP contribution in [0.4, 0.5) is 0 Å². The number of hydrogen-bond donors (Lipinski definition) is 1. The van der Waals surface area contributed by atoms with Gasteiger partial charge in [-0.2, -0.15) is 11.3 Å². The van der Waals surface area contributed by atoms with E-state index in [1.165, 1.54) is 0 Å². The third-order valence-corrected chi connectivity index (χ3v) is 3.92. The van der Waals surface area contributed by atoms with Crippen LogP contribution < -0.4 is 0 Å². The van der Waals surface area contributed by atoms with Crippen LogP contribution in [0.25, 0.3) is 22.6 Å². The Morgan fingerprint density at radius 3 is 2.56 bits per heavy atom. The summed E-state index contributed by atoms with van der Waals surface area (Å²) >= 11 is 14.0. The highest BCUT2D eigenvalue weighted by Crippen LogP contribution is 2.34. The second-order valence-corrected chi connectivity index (χ2v) is 5.35. The molecule has 0 saturated carbocycles. The van der Waals surface area contributed by atoms with Crippen molar-refractivity contribution in [2.45, 2.75) is 0 Å². The number of thiophene rings is 1. The molecule has 2 heterocycles. The molecule has 0 atom stereocenters. The molecule has 3 rings (SSSR count). The summed E-state index contributed by atoms with van der Waals surface area (Å²) in [6, 6.07) is 7.47. The molecule has 0 aliphatic carbocycles. The molecule has 3 aromatic rings. The molecule has 0 aliphatic rings. The third-order valence-electron chi connectivity index (χ3n) is 2.60. The summed E-state index contributed by atoms with van der Waals surface area (Å²) in [5.74, 6) is 0.822. The molecular formula is C13H8Cl2N2S. The lowest BCUT2D eigenvalue weighted by Crippen LogP contribution is -1.82. The molecule has 1 aromatic carbocycles. The van der Waals surface area contributed by atoms with Gasteiger partial charge in [-0.15, -0.1) is 0 Å². The van der Waals surface area contributed by atoms with Gasteiger partial charge in [0.2, 0.25) is 0 Å². The maximum Gasteiger partial charge on any atom is 0.138 e. The van der Waals surface area contributed by atoms with Crippen LogP contribution in [0.15, 0.2) is 41.2 Å². The number of H-pyrrole nitrogens is 1. The summed E-state index contributed by atoms with van der Waals surface area (Å²) in [6.45, 7) is 0. The maximum absolute atomic E-state index is 6.17. The van der Waals surface area contributed by atoms with Gasteiger partial charge in [0.15, 0.2) is 0 Å². The van der Waals surface area contributed by atoms with Crippen LogP contribution in [0, 0.1) is 0 Å². The summed E-state index contributed by atoms with van der Waals surface area (Å²) in [4.78, 5) is 7.59. The number of aromatic amines is 1. The van der Waals surface area contributed by atoms with E-state index in [1.807, 2.05) is 35.0 Å². The molecule has 18 heavy (non-hydrogen) atoms. The van der Waals surface area contributed by atoms with Gasteiger partial charge in [-0.1, -0.05) is 29.3 Å². The number of rotatable bonds is 2. The van der Waals surface area contributed by atoms with Crippen molar-refractivity contribution in [3.05, 3.63) is 51.3 Å². The zero-order valence-electron chi connectivity index (χ0n) is 9.15. The first-order valence-electron chi connectivity index (χ1n) is 5.27. The van der Waals surface area contributed by atoms with Crippen LogP contribution in [0.2, 0.25) is 10.0 Å². The minimum absolute atomic E-state index is 0.614. The predicted octanol–water partition coefficient (Wildman–Crippen LogP) is 5.11. The number of imidazole rings is 1. The second kappa shape index (κ2) is 4.76. The van der Waals surface area contributed by atoms with Crippen molar-refractivity contribution in [3.63, 3.8) is 0 Å². The Morgan fingerprint density at radius 2 is 1.89 bits per heavy atom. The second-order valence-electron chi connectivity index (χ2n) is 3.75. The summed E-state index contributed by atoms with van der Waals surface area (Å²) < 4.78 is 0. The molecule has 5 heteroatoms. The quantitative estimate of drug-likeness (QED) is 0.699. The van der Waals surface area contributed by atoms with Crippen LogP contribution in [-0.4, -0.2) is 9.97 Å². The molecule has 0 saturated heterocycles. The van der Waals surface area contributed by atoms with E-state index in [0.717, 1.165) is 22.6 Å². The van der Waals surface area contributed by atoms with Crippen LogP contribution in [0.3, 0.4) is 0 Å². The molecule has 0 radical (unpaired) electrons. The molecule has 0 bridgehead atoms. The summed E-state index contributed by atoms with van der Waals surface area (Å²) in [5, 5.41) is 5.28. The van der Waals surface area contributed by atoms with Gasteiger partial charge >= 0.3 is 0 Å². The maximum atomic E-state index is 6.17. The van der Waals surface area contributed by atoms with Gasteiger partial charge in [0.05, 0.1) is 21.9 Å². The Kier molecular flexibility index (Phi) is 3.12. The van der Waals surface area contributed by atoms with Crippen LogP contribution in [0.1, 0.15) is 0 Å². The fourth-order valence-electron chi connectivity index (χ4n) is 1.75. The highest BCUT2D eigenvalue weighted by atomic mass is 35.5. The molecule has 2 aromatic heterocycles. The SMILES string of the molecule is Clc1cccc(Cl)c1-c1cnc(-c2ccsc2)[nH]1. The van der Waals surface area contributed by atoms with Gasteiger partial charge in [0.25, 0.3) is 0 Å². The van der Waals surface area contributed by atoms with Crippen molar-refractivity contribution in [1.29, 1.82) is 0 Å². The average molecular weight is 295 g/mol. The number of aromatic nitrogens is 2. The Morgan fingerprint density at radius 1 is 1.11 bits per heavy atom. The largest absolute Gasteiger partial charge is 0.338 e. The normalized spacial score (nSPS) is 10.8. The van der Waals surface area contributed by atoms with Crippen LogP contribution >= 0.6 is 34.5 Å². The predicted molar refractivity (Wildman–Crippen MR) is 77.4 cm³/mol. The first-order valence-corrected chi connectivity index (χ1v) is 6.97. The third kappa shape index (κ3) is 2.05. The molecule has 0 unspecified atom stereocenters. The van der Waals surface area contributed by atoms with E-state index in [0.29, 0.717) is 10.0 Å². The number of halogens is 2. The van der Waals surface area contributed by atoms with Gasteiger partial charge in [-0.05, 0) is 23.6 Å². The molecule has 0 aliphatic heterocycles. The van der Waals surface area contributed by atoms with Crippen LogP contribution in [-0.2, 0) is 0 Å². The minimum Gasteiger partial charge on any atom is -0.338 e. The smallest absolute Gasteiger partial charge is 0.138 e. The molecule has 2 nitrogen and oxygen atoms in total. The zero-order chi connectivity index (χ0) is 12.5. The van der Waals surface area contributed by atoms with E-state index in [1.54, 1.807) is 17.5 Å². The summed E-state index contributed by atoms with van der Waals surface area (Å²) in [6.07, 6.45) is 1.75. The minimum atomic E-state index is 0.614. The van der Waals surface area contributed by atoms with Gasteiger partial charge < -0.3 is 4.98 Å². The Bertz CT molecular complexity index is 654. The van der Waals surface area contributed by atoms with Crippen molar-refractivity contribution in [1.82, 2.24) is 9.97 Å². The van der Waals surface area contributed by atoms with E-state index >= 15 is 0 Å². The highest BCUT2D eigenvalue weighted by Gasteiger charge is 2.11. The van der Waals surface area contributed by atoms with Gasteiger partial charge in [0, 0.05) is 16.5 Å². The van der Waals surface area contributed by atoms with E-state index in [9.17, 15) is 0 Å². The molecule has 1 N–H and O–H groups in total. The van der Waals surface area contributed by atoms with Crippen molar-refractivity contribution in [3.8, 4) is 22.6 Å². The average Bonchev–Trinajstić information content (AvgIpc) is 2.99. The zero-order valence-corrected chi connectivity index (χ0v) is 11.5. The number of hydrogen-bond acceptors (Lipinski definition) is 2. The van der Waals surface area contributed by atoms with E-state index in [-0.39, 0.29) is 0 Å². The lowest BCUT2D eigenvalue weighted by molar-refractivity contribution is 1.32. The topological polar surface area (TPSA) is 28.7 Å². The van der Waals surface area contributed by atoms with Crippen molar-refractivity contribution < 1.29 is 0 Å². The van der Waals surface area contributed by atoms with Gasteiger partial charge in [-0.3, -0.25) is 0 Å². The van der Waals surface area contributed by atoms with E-state index < -0.39 is 0 Å². The Labute approximate surface area is 118 Å². The first-order chi connectivity index (χ1) is 8.75. The van der Waals surface area contributed by atoms with Gasteiger partial charge in [0.1, 0.15) is 5.82 Å². The van der Waals surface area contributed by atoms with Crippen molar-refractivity contribution in [2.24, 2.45) is 0 Å². The first kappa shape index (κ1) is 11.8. The number of nitrogens with zero attached hydrogens (tertiary/aromatic N) is 1. The van der Waals surface area contributed by atoms with Gasteiger partial charge in [-0.25, -0.2) is 4.98 Å². The fourth-order valence-corrected chi connectivity index (χ4v) is 2.99. The lowest BCUT2D eigenvalue weighted by Gasteiger charge is -2.03. The number of benzene rings is 1. The van der Waals surface area contributed by atoms with E-state index in [2.05, 4.69) is 9.97 Å². The highest BCUT2D eigenvalue weighted by molar-refractivity contribution is 7.08. The summed E-state index contributed by atoms with van der Waals surface area (Å²) in [5.41, 5.74) is 2.68. The van der Waals surface area contributed by atoms with Crippen molar-refractivity contribution >= 4 is 34.5 Å². The Balaban J connectivity index is 2.09. The monoisotopic (exact) mass is 294 g/mol. The molecular weight excluding hydrogens is 287 g/mol. The van der Waals surface area contributed by atoms with Crippen molar-refractivity contribution in [2.75, 3.05) is 0 Å². The molecule has 0 amide bonds. The lowest BCUT2D eigenvalue weighted by atomic mass is 10.2. The molecule has 0 spiro atoms. The summed E-state index contributed by atoms with van der Waals surface area (Å²) in [7, 11) is 0. The molecule has 90 valence electrons. The number of nitrogens with one attached hydrogen (secondary N) is 1. The fraction of sp³-hybridized carbons (Fsp3) is 0. The van der Waals surface area contributed by atoms with E-state index in [4.69, 9.17) is 23.2 Å².